The average Bonchev–Trinajstić information content (AvgIpc) is 3.20. The van der Waals surface area contributed by atoms with Gasteiger partial charge in [0.1, 0.15) is 18.0 Å². The Morgan fingerprint density at radius 3 is 2.30 bits per heavy atom. The zero-order valence-corrected chi connectivity index (χ0v) is 22.1. The number of carbonyl (C=O) groups is 4. The molecule has 1 aliphatic heterocycles. The van der Waals surface area contributed by atoms with Crippen molar-refractivity contribution in [2.75, 3.05) is 38.0 Å². The Bertz CT molecular complexity index is 1470. The van der Waals surface area contributed by atoms with Crippen LogP contribution in [0.5, 0.6) is 17.2 Å². The van der Waals surface area contributed by atoms with E-state index in [1.165, 1.54) is 20.3 Å². The second-order valence-corrected chi connectivity index (χ2v) is 8.71. The molecule has 1 aliphatic rings. The molecule has 0 spiro atoms. The molecule has 3 N–H and O–H groups in total. The van der Waals surface area contributed by atoms with Crippen LogP contribution < -0.4 is 30.2 Å². The lowest BCUT2D eigenvalue weighted by Crippen LogP contribution is -2.38. The van der Waals surface area contributed by atoms with Crippen LogP contribution in [0.3, 0.4) is 0 Å². The molecule has 3 aromatic carbocycles. The number of anilines is 2. The summed E-state index contributed by atoms with van der Waals surface area (Å²) in [5, 5.41) is 7.86. The molecule has 3 aromatic rings. The van der Waals surface area contributed by atoms with Gasteiger partial charge in [-0.15, -0.1) is 0 Å². The molecular weight excluding hydrogens is 516 g/mol. The number of para-hydroxylation sites is 3. The van der Waals surface area contributed by atoms with Crippen LogP contribution in [0.15, 0.2) is 72.4 Å². The van der Waals surface area contributed by atoms with Crippen LogP contribution in [0, 0.1) is 6.92 Å². The molecule has 0 unspecified atom stereocenters. The fraction of sp³-hybridized carbons (Fsp3) is 0.172. The number of aryl methyl sites for hydroxylation is 1. The minimum absolute atomic E-state index is 0.0719. The minimum Gasteiger partial charge on any atom is -0.495 e. The van der Waals surface area contributed by atoms with Crippen molar-refractivity contribution >= 4 is 41.2 Å². The van der Waals surface area contributed by atoms with Crippen molar-refractivity contribution in [1.82, 2.24) is 10.2 Å². The lowest BCUT2D eigenvalue weighted by molar-refractivity contribution is -0.127. The van der Waals surface area contributed by atoms with Crippen LogP contribution in [-0.2, 0) is 14.4 Å². The van der Waals surface area contributed by atoms with E-state index in [-0.39, 0.29) is 18.1 Å². The molecule has 0 aromatic heterocycles. The van der Waals surface area contributed by atoms with Crippen LogP contribution >= 0.6 is 0 Å². The number of imide groups is 1. The van der Waals surface area contributed by atoms with E-state index in [0.717, 1.165) is 10.5 Å². The summed E-state index contributed by atoms with van der Waals surface area (Å²) in [6, 6.07) is 18.3. The predicted molar refractivity (Wildman–Crippen MR) is 148 cm³/mol. The Kier molecular flexibility index (Phi) is 8.65. The maximum atomic E-state index is 13.0. The first-order chi connectivity index (χ1) is 19.3. The molecule has 1 saturated heterocycles. The molecule has 4 rings (SSSR count). The van der Waals surface area contributed by atoms with E-state index in [9.17, 15) is 19.2 Å². The smallest absolute Gasteiger partial charge is 0.329 e. The summed E-state index contributed by atoms with van der Waals surface area (Å²) in [6.07, 6.45) is 1.40. The van der Waals surface area contributed by atoms with Gasteiger partial charge >= 0.3 is 6.03 Å². The second-order valence-electron chi connectivity index (χ2n) is 8.71. The SMILES string of the molecule is COc1ccccc1NC(=O)CN1C(=O)N/C(=C/c2cccc(OC)c2OCC(=O)Nc2ccc(C)cc2)C1=O. The van der Waals surface area contributed by atoms with Crippen molar-refractivity contribution in [1.29, 1.82) is 0 Å². The number of ether oxygens (including phenoxy) is 3. The van der Waals surface area contributed by atoms with Gasteiger partial charge in [0, 0.05) is 11.3 Å². The van der Waals surface area contributed by atoms with E-state index in [1.54, 1.807) is 54.6 Å². The molecule has 206 valence electrons. The van der Waals surface area contributed by atoms with Crippen molar-refractivity contribution in [2.45, 2.75) is 6.92 Å². The van der Waals surface area contributed by atoms with Gasteiger partial charge in [0.2, 0.25) is 5.91 Å². The fourth-order valence-electron chi connectivity index (χ4n) is 3.89. The molecule has 11 heteroatoms. The summed E-state index contributed by atoms with van der Waals surface area (Å²) < 4.78 is 16.4. The van der Waals surface area contributed by atoms with E-state index in [0.29, 0.717) is 28.4 Å². The third-order valence-corrected chi connectivity index (χ3v) is 5.86. The molecule has 1 heterocycles. The normalized spacial score (nSPS) is 13.6. The van der Waals surface area contributed by atoms with Crippen molar-refractivity contribution in [3.05, 3.63) is 83.6 Å². The third kappa shape index (κ3) is 6.57. The van der Waals surface area contributed by atoms with E-state index in [1.807, 2.05) is 19.1 Å². The lowest BCUT2D eigenvalue weighted by Gasteiger charge is -2.14. The molecule has 5 amide bonds. The highest BCUT2D eigenvalue weighted by molar-refractivity contribution is 6.16. The van der Waals surface area contributed by atoms with Gasteiger partial charge in [-0.2, -0.15) is 0 Å². The van der Waals surface area contributed by atoms with Gasteiger partial charge in [-0.05, 0) is 43.3 Å². The molecule has 40 heavy (non-hydrogen) atoms. The monoisotopic (exact) mass is 544 g/mol. The zero-order valence-electron chi connectivity index (χ0n) is 22.1. The molecule has 1 fully saturated rings. The van der Waals surface area contributed by atoms with Crippen LogP contribution in [0.25, 0.3) is 6.08 Å². The molecule has 11 nitrogen and oxygen atoms in total. The first kappa shape index (κ1) is 27.7. The zero-order chi connectivity index (χ0) is 28.6. The highest BCUT2D eigenvalue weighted by Crippen LogP contribution is 2.33. The van der Waals surface area contributed by atoms with E-state index in [2.05, 4.69) is 16.0 Å². The van der Waals surface area contributed by atoms with Crippen LogP contribution in [0.2, 0.25) is 0 Å². The second kappa shape index (κ2) is 12.5. The number of urea groups is 1. The largest absolute Gasteiger partial charge is 0.495 e. The Hall–Kier alpha value is -5.32. The number of amides is 5. The van der Waals surface area contributed by atoms with Crippen LogP contribution in [0.4, 0.5) is 16.2 Å². The lowest BCUT2D eigenvalue weighted by atomic mass is 10.1. The van der Waals surface area contributed by atoms with Gasteiger partial charge in [0.05, 0.1) is 19.9 Å². The third-order valence-electron chi connectivity index (χ3n) is 5.86. The Morgan fingerprint density at radius 2 is 1.57 bits per heavy atom. The fourth-order valence-corrected chi connectivity index (χ4v) is 3.89. The summed E-state index contributed by atoms with van der Waals surface area (Å²) in [6.45, 7) is 1.10. The highest BCUT2D eigenvalue weighted by atomic mass is 16.5. The van der Waals surface area contributed by atoms with Gasteiger partial charge in [-0.25, -0.2) is 9.69 Å². The molecule has 0 radical (unpaired) electrons. The van der Waals surface area contributed by atoms with Crippen molar-refractivity contribution in [2.24, 2.45) is 0 Å². The number of nitrogens with zero attached hydrogens (tertiary/aromatic N) is 1. The summed E-state index contributed by atoms with van der Waals surface area (Å²) in [7, 11) is 2.91. The summed E-state index contributed by atoms with van der Waals surface area (Å²) in [5.41, 5.74) is 2.40. The minimum atomic E-state index is -0.755. The number of methoxy groups -OCH3 is 2. The molecule has 0 saturated carbocycles. The van der Waals surface area contributed by atoms with Gasteiger partial charge < -0.3 is 30.2 Å². The predicted octanol–water partition coefficient (Wildman–Crippen LogP) is 3.56. The first-order valence-corrected chi connectivity index (χ1v) is 12.2. The van der Waals surface area contributed by atoms with Gasteiger partial charge in [0.15, 0.2) is 18.1 Å². The number of hydrogen-bond donors (Lipinski definition) is 3. The number of rotatable bonds is 10. The number of hydrogen-bond acceptors (Lipinski definition) is 7. The van der Waals surface area contributed by atoms with Crippen molar-refractivity contribution in [3.8, 4) is 17.2 Å². The number of carbonyl (C=O) groups excluding carboxylic acids is 4. The molecule has 0 atom stereocenters. The number of nitrogens with one attached hydrogen (secondary N) is 3. The van der Waals surface area contributed by atoms with Crippen LogP contribution in [0.1, 0.15) is 11.1 Å². The highest BCUT2D eigenvalue weighted by Gasteiger charge is 2.35. The first-order valence-electron chi connectivity index (χ1n) is 12.2. The molecular formula is C29H28N4O7. The maximum Gasteiger partial charge on any atom is 0.329 e. The summed E-state index contributed by atoms with van der Waals surface area (Å²) >= 11 is 0. The Balaban J connectivity index is 1.46. The summed E-state index contributed by atoms with van der Waals surface area (Å²) in [4.78, 5) is 51.4. The quantitative estimate of drug-likeness (QED) is 0.262. The van der Waals surface area contributed by atoms with E-state index >= 15 is 0 Å². The number of benzene rings is 3. The van der Waals surface area contributed by atoms with Gasteiger partial charge in [0.25, 0.3) is 11.8 Å². The average molecular weight is 545 g/mol. The van der Waals surface area contributed by atoms with Crippen LogP contribution in [-0.4, -0.2) is 56.0 Å². The Morgan fingerprint density at radius 1 is 0.875 bits per heavy atom. The maximum absolute atomic E-state index is 13.0. The Labute approximate surface area is 230 Å². The van der Waals surface area contributed by atoms with Gasteiger partial charge in [-0.3, -0.25) is 14.4 Å². The molecule has 0 bridgehead atoms. The van der Waals surface area contributed by atoms with E-state index < -0.39 is 30.3 Å². The topological polar surface area (TPSA) is 135 Å². The van der Waals surface area contributed by atoms with Crippen molar-refractivity contribution < 1.29 is 33.4 Å². The summed E-state index contributed by atoms with van der Waals surface area (Å²) in [5.74, 6) is -0.726. The van der Waals surface area contributed by atoms with E-state index in [4.69, 9.17) is 14.2 Å². The standard InChI is InChI=1S/C29H28N4O7/c1-18-11-13-20(14-12-18)30-26(35)17-40-27-19(7-6-10-24(27)39-3)15-22-28(36)33(29(37)32-22)16-25(34)31-21-8-4-5-9-23(21)38-2/h4-15H,16-17H2,1-3H3,(H,30,35)(H,31,34)(H,32,37)/b22-15+. The van der Waals surface area contributed by atoms with Gasteiger partial charge in [-0.1, -0.05) is 42.0 Å². The molecule has 0 aliphatic carbocycles. The van der Waals surface area contributed by atoms with Crippen molar-refractivity contribution in [3.63, 3.8) is 0 Å².